The molecule has 0 spiro atoms. The highest BCUT2D eigenvalue weighted by Crippen LogP contribution is 2.39. The molecule has 3 aromatic rings. The monoisotopic (exact) mass is 429 g/mol. The number of nitriles is 1. The van der Waals surface area contributed by atoms with Crippen LogP contribution in [0.3, 0.4) is 0 Å². The maximum atomic E-state index is 13.4. The summed E-state index contributed by atoms with van der Waals surface area (Å²) in [5.74, 6) is -3.79. The van der Waals surface area contributed by atoms with Crippen molar-refractivity contribution < 1.29 is 9.59 Å². The fourth-order valence-electron chi connectivity index (χ4n) is 3.81. The van der Waals surface area contributed by atoms with Gasteiger partial charge in [0.25, 0.3) is 5.91 Å². The SMILES string of the molecule is CC1=NN(c2nc(-c3ccccc3)cs2)C(=O)[C@@H]1[C@H](c1ccccc1)[C@@H](C#N)C(N)=O. The topological polar surface area (TPSA) is 112 Å². The molecule has 1 aliphatic heterocycles. The van der Waals surface area contributed by atoms with Gasteiger partial charge in [-0.2, -0.15) is 15.4 Å². The largest absolute Gasteiger partial charge is 0.369 e. The molecule has 154 valence electrons. The first-order valence-electron chi connectivity index (χ1n) is 9.65. The van der Waals surface area contributed by atoms with Crippen molar-refractivity contribution in [3.63, 3.8) is 0 Å². The number of amides is 2. The molecule has 2 N–H and O–H groups in total. The van der Waals surface area contributed by atoms with E-state index in [1.165, 1.54) is 16.3 Å². The lowest BCUT2D eigenvalue weighted by Gasteiger charge is -2.25. The molecule has 2 amide bonds. The number of anilines is 1. The Morgan fingerprint density at radius 2 is 1.81 bits per heavy atom. The second-order valence-corrected chi connectivity index (χ2v) is 8.03. The zero-order valence-corrected chi connectivity index (χ0v) is 17.5. The molecule has 0 unspecified atom stereocenters. The highest BCUT2D eigenvalue weighted by molar-refractivity contribution is 7.14. The molecule has 1 aromatic heterocycles. The van der Waals surface area contributed by atoms with E-state index in [4.69, 9.17) is 5.73 Å². The summed E-state index contributed by atoms with van der Waals surface area (Å²) in [6.07, 6.45) is 0. The number of rotatable bonds is 6. The van der Waals surface area contributed by atoms with Crippen molar-refractivity contribution in [2.75, 3.05) is 5.01 Å². The molecule has 0 saturated carbocycles. The lowest BCUT2D eigenvalue weighted by atomic mass is 9.75. The highest BCUT2D eigenvalue weighted by Gasteiger charge is 2.46. The number of thiazole rings is 1. The smallest absolute Gasteiger partial charge is 0.259 e. The van der Waals surface area contributed by atoms with E-state index >= 15 is 0 Å². The fraction of sp³-hybridized carbons (Fsp3) is 0.174. The summed E-state index contributed by atoms with van der Waals surface area (Å²) < 4.78 is 0. The summed E-state index contributed by atoms with van der Waals surface area (Å²) in [6.45, 7) is 1.72. The Kier molecular flexibility index (Phi) is 5.60. The molecule has 31 heavy (non-hydrogen) atoms. The first-order chi connectivity index (χ1) is 15.0. The molecule has 8 heteroatoms. The minimum absolute atomic E-state index is 0.332. The molecule has 2 heterocycles. The number of nitrogens with zero attached hydrogens (tertiary/aromatic N) is 4. The van der Waals surface area contributed by atoms with Gasteiger partial charge in [-0.05, 0) is 12.5 Å². The molecule has 7 nitrogen and oxygen atoms in total. The van der Waals surface area contributed by atoms with Gasteiger partial charge in [-0.3, -0.25) is 9.59 Å². The Labute approximate surface area is 183 Å². The van der Waals surface area contributed by atoms with Gasteiger partial charge in [-0.1, -0.05) is 60.7 Å². The Hall–Kier alpha value is -3.83. The first-order valence-corrected chi connectivity index (χ1v) is 10.5. The van der Waals surface area contributed by atoms with Crippen LogP contribution in [0.4, 0.5) is 5.13 Å². The van der Waals surface area contributed by atoms with Crippen molar-refractivity contribution >= 4 is 34.0 Å². The average Bonchev–Trinajstić information content (AvgIpc) is 3.38. The number of hydrazone groups is 1. The summed E-state index contributed by atoms with van der Waals surface area (Å²) in [4.78, 5) is 30.1. The molecule has 0 fully saturated rings. The van der Waals surface area contributed by atoms with E-state index in [1.54, 1.807) is 31.2 Å². The summed E-state index contributed by atoms with van der Waals surface area (Å²) in [5.41, 5.74) is 8.40. The molecule has 0 radical (unpaired) electrons. The Balaban J connectivity index is 1.70. The molecule has 2 aromatic carbocycles. The Bertz CT molecular complexity index is 1180. The molecule has 1 aliphatic rings. The van der Waals surface area contributed by atoms with Crippen LogP contribution < -0.4 is 10.7 Å². The fourth-order valence-corrected chi connectivity index (χ4v) is 4.59. The first kappa shape index (κ1) is 20.4. The van der Waals surface area contributed by atoms with Gasteiger partial charge in [0.1, 0.15) is 5.92 Å². The Morgan fingerprint density at radius 3 is 2.42 bits per heavy atom. The normalized spacial score (nSPS) is 17.7. The Morgan fingerprint density at radius 1 is 1.16 bits per heavy atom. The molecule has 0 aliphatic carbocycles. The van der Waals surface area contributed by atoms with Gasteiger partial charge >= 0.3 is 0 Å². The zero-order valence-electron chi connectivity index (χ0n) is 16.7. The maximum Gasteiger partial charge on any atom is 0.259 e. The van der Waals surface area contributed by atoms with Crippen molar-refractivity contribution in [1.29, 1.82) is 5.26 Å². The quantitative estimate of drug-likeness (QED) is 0.645. The molecule has 3 atom stereocenters. The van der Waals surface area contributed by atoms with Crippen LogP contribution in [0.2, 0.25) is 0 Å². The summed E-state index contributed by atoms with van der Waals surface area (Å²) in [5, 5.41) is 17.7. The number of carbonyl (C=O) groups is 2. The van der Waals surface area contributed by atoms with Crippen molar-refractivity contribution in [1.82, 2.24) is 4.98 Å². The number of carbonyl (C=O) groups excluding carboxylic acids is 2. The van der Waals surface area contributed by atoms with Gasteiger partial charge in [0.15, 0.2) is 0 Å². The lowest BCUT2D eigenvalue weighted by Crippen LogP contribution is -2.38. The summed E-state index contributed by atoms with van der Waals surface area (Å²) >= 11 is 1.31. The number of benzene rings is 2. The second kappa shape index (κ2) is 8.50. The molecular weight excluding hydrogens is 410 g/mol. The molecule has 0 saturated heterocycles. The lowest BCUT2D eigenvalue weighted by molar-refractivity contribution is -0.123. The van der Waals surface area contributed by atoms with E-state index in [-0.39, 0.29) is 5.91 Å². The van der Waals surface area contributed by atoms with Gasteiger partial charge < -0.3 is 5.73 Å². The number of primary amides is 1. The number of hydrogen-bond donors (Lipinski definition) is 1. The van der Waals surface area contributed by atoms with Crippen LogP contribution in [-0.2, 0) is 9.59 Å². The van der Waals surface area contributed by atoms with Crippen LogP contribution >= 0.6 is 11.3 Å². The van der Waals surface area contributed by atoms with Crippen molar-refractivity contribution in [2.45, 2.75) is 12.8 Å². The van der Waals surface area contributed by atoms with Gasteiger partial charge in [-0.25, -0.2) is 4.98 Å². The van der Waals surface area contributed by atoms with Gasteiger partial charge in [0.05, 0.1) is 17.7 Å². The summed E-state index contributed by atoms with van der Waals surface area (Å²) in [6, 6.07) is 20.6. The predicted octanol–water partition coefficient (Wildman–Crippen LogP) is 3.56. The van der Waals surface area contributed by atoms with Gasteiger partial charge in [0, 0.05) is 22.6 Å². The van der Waals surface area contributed by atoms with E-state index in [0.29, 0.717) is 16.4 Å². The molecule has 0 bridgehead atoms. The predicted molar refractivity (Wildman–Crippen MR) is 119 cm³/mol. The highest BCUT2D eigenvalue weighted by atomic mass is 32.1. The van der Waals surface area contributed by atoms with Crippen LogP contribution in [0, 0.1) is 23.2 Å². The second-order valence-electron chi connectivity index (χ2n) is 7.20. The van der Waals surface area contributed by atoms with Crippen molar-refractivity contribution in [2.24, 2.45) is 22.7 Å². The van der Waals surface area contributed by atoms with E-state index < -0.39 is 23.7 Å². The van der Waals surface area contributed by atoms with Gasteiger partial charge in [-0.15, -0.1) is 11.3 Å². The minimum Gasteiger partial charge on any atom is -0.369 e. The third-order valence-electron chi connectivity index (χ3n) is 5.27. The van der Waals surface area contributed by atoms with Crippen LogP contribution in [0.5, 0.6) is 0 Å². The molecular formula is C23H19N5O2S. The standard InChI is InChI=1S/C23H19N5O2S/c1-14-19(20(17(12-24)21(25)29)16-10-6-3-7-11-16)22(30)28(27-14)23-26-18(13-31-23)15-8-4-2-5-9-15/h2-11,13,17,19-20H,1H3,(H2,25,29)/t17-,19+,20-/m1/s1. The van der Waals surface area contributed by atoms with E-state index in [2.05, 4.69) is 10.1 Å². The number of nitrogens with two attached hydrogens (primary N) is 1. The van der Waals surface area contributed by atoms with E-state index in [9.17, 15) is 14.9 Å². The van der Waals surface area contributed by atoms with E-state index in [1.807, 2.05) is 47.8 Å². The average molecular weight is 430 g/mol. The third kappa shape index (κ3) is 3.83. The van der Waals surface area contributed by atoms with Crippen LogP contribution in [0.25, 0.3) is 11.3 Å². The van der Waals surface area contributed by atoms with Crippen LogP contribution in [0.15, 0.2) is 71.1 Å². The van der Waals surface area contributed by atoms with E-state index in [0.717, 1.165) is 11.3 Å². The van der Waals surface area contributed by atoms with Crippen molar-refractivity contribution in [3.05, 3.63) is 71.6 Å². The van der Waals surface area contributed by atoms with Crippen molar-refractivity contribution in [3.8, 4) is 17.3 Å². The molecule has 4 rings (SSSR count). The summed E-state index contributed by atoms with van der Waals surface area (Å²) in [7, 11) is 0. The third-order valence-corrected chi connectivity index (χ3v) is 6.09. The number of aromatic nitrogens is 1. The van der Waals surface area contributed by atoms with Crippen LogP contribution in [-0.4, -0.2) is 22.5 Å². The van der Waals surface area contributed by atoms with Crippen LogP contribution in [0.1, 0.15) is 18.4 Å². The zero-order chi connectivity index (χ0) is 22.0. The number of hydrogen-bond acceptors (Lipinski definition) is 6. The maximum absolute atomic E-state index is 13.4. The minimum atomic E-state index is -1.17. The van der Waals surface area contributed by atoms with Gasteiger partial charge in [0.2, 0.25) is 11.0 Å².